The fourth-order valence-corrected chi connectivity index (χ4v) is 1.74. The Balaban J connectivity index is 2.11. The number of benzene rings is 1. The van der Waals surface area contributed by atoms with Crippen molar-refractivity contribution in [3.63, 3.8) is 0 Å². The molecule has 0 unspecified atom stereocenters. The average Bonchev–Trinajstić information content (AvgIpc) is 2.46. The first-order chi connectivity index (χ1) is 9.60. The van der Waals surface area contributed by atoms with Crippen molar-refractivity contribution in [2.45, 2.75) is 13.8 Å². The monoisotopic (exact) mass is 271 g/mol. The molecular weight excluding hydrogens is 254 g/mol. The fraction of sp³-hybridized carbons (Fsp3) is 0.200. The molecule has 0 radical (unpaired) electrons. The van der Waals surface area contributed by atoms with E-state index < -0.39 is 6.09 Å². The molecule has 0 aliphatic carbocycles. The van der Waals surface area contributed by atoms with Crippen LogP contribution < -0.4 is 10.6 Å². The third kappa shape index (κ3) is 3.26. The van der Waals surface area contributed by atoms with E-state index in [1.807, 2.05) is 18.2 Å². The summed E-state index contributed by atoms with van der Waals surface area (Å²) in [6.45, 7) is 4.14. The first-order valence-electron chi connectivity index (χ1n) is 6.24. The fourth-order valence-electron chi connectivity index (χ4n) is 1.74. The second-order valence-electron chi connectivity index (χ2n) is 4.42. The van der Waals surface area contributed by atoms with E-state index in [0.717, 1.165) is 11.4 Å². The van der Waals surface area contributed by atoms with Gasteiger partial charge in [0.1, 0.15) is 5.82 Å². The molecule has 0 bridgehead atoms. The van der Waals surface area contributed by atoms with Gasteiger partial charge in [-0.1, -0.05) is 12.1 Å². The molecule has 2 N–H and O–H groups in total. The van der Waals surface area contributed by atoms with E-state index in [1.54, 1.807) is 12.3 Å². The molecule has 5 nitrogen and oxygen atoms in total. The molecule has 1 aromatic heterocycles. The highest BCUT2D eigenvalue weighted by Gasteiger charge is 2.03. The summed E-state index contributed by atoms with van der Waals surface area (Å²) in [5.41, 5.74) is 4.32. The van der Waals surface area contributed by atoms with Crippen LogP contribution in [0.4, 0.5) is 22.0 Å². The molecule has 0 fully saturated rings. The zero-order valence-electron chi connectivity index (χ0n) is 11.7. The van der Waals surface area contributed by atoms with Crippen molar-refractivity contribution in [3.05, 3.63) is 47.7 Å². The average molecular weight is 271 g/mol. The van der Waals surface area contributed by atoms with Gasteiger partial charge in [-0.3, -0.25) is 5.32 Å². The number of aryl methyl sites for hydroxylation is 1. The maximum atomic E-state index is 11.1. The molecule has 1 amide bonds. The van der Waals surface area contributed by atoms with Crippen LogP contribution in [0.2, 0.25) is 0 Å². The topological polar surface area (TPSA) is 63.2 Å². The van der Waals surface area contributed by atoms with Crippen molar-refractivity contribution in [3.8, 4) is 0 Å². The molecule has 0 spiro atoms. The van der Waals surface area contributed by atoms with Gasteiger partial charge in [0, 0.05) is 5.69 Å². The maximum absolute atomic E-state index is 11.1. The highest BCUT2D eigenvalue weighted by atomic mass is 16.5. The number of pyridine rings is 1. The molecule has 1 aromatic carbocycles. The summed E-state index contributed by atoms with van der Waals surface area (Å²) in [5, 5.41) is 5.80. The van der Waals surface area contributed by atoms with Gasteiger partial charge in [-0.2, -0.15) is 0 Å². The number of amides is 1. The van der Waals surface area contributed by atoms with Crippen LogP contribution in [0.25, 0.3) is 0 Å². The van der Waals surface area contributed by atoms with Gasteiger partial charge >= 0.3 is 6.09 Å². The van der Waals surface area contributed by atoms with E-state index in [0.29, 0.717) is 5.82 Å². The van der Waals surface area contributed by atoms with Crippen LogP contribution in [0, 0.1) is 13.8 Å². The van der Waals surface area contributed by atoms with Crippen molar-refractivity contribution in [1.29, 1.82) is 0 Å². The zero-order valence-corrected chi connectivity index (χ0v) is 11.7. The molecule has 0 saturated heterocycles. The lowest BCUT2D eigenvalue weighted by Gasteiger charge is -2.11. The van der Waals surface area contributed by atoms with Crippen LogP contribution in [-0.2, 0) is 4.74 Å². The predicted octanol–water partition coefficient (Wildman–Crippen LogP) is 3.62. The van der Waals surface area contributed by atoms with Gasteiger partial charge in [0.05, 0.1) is 19.0 Å². The Hall–Kier alpha value is -2.56. The molecule has 0 saturated carbocycles. The third-order valence-corrected chi connectivity index (χ3v) is 3.06. The number of carbonyl (C=O) groups excluding carboxylic acids is 1. The minimum Gasteiger partial charge on any atom is -0.453 e. The van der Waals surface area contributed by atoms with Gasteiger partial charge in [-0.15, -0.1) is 0 Å². The van der Waals surface area contributed by atoms with E-state index in [-0.39, 0.29) is 0 Å². The summed E-state index contributed by atoms with van der Waals surface area (Å²) in [7, 11) is 1.31. The summed E-state index contributed by atoms with van der Waals surface area (Å²) >= 11 is 0. The molecule has 5 heteroatoms. The minimum absolute atomic E-state index is 0.448. The van der Waals surface area contributed by atoms with Gasteiger partial charge < -0.3 is 10.1 Å². The third-order valence-electron chi connectivity index (χ3n) is 3.06. The first-order valence-corrected chi connectivity index (χ1v) is 6.24. The number of aromatic nitrogens is 1. The molecule has 2 aromatic rings. The van der Waals surface area contributed by atoms with Crippen molar-refractivity contribution in [2.75, 3.05) is 17.7 Å². The predicted molar refractivity (Wildman–Crippen MR) is 79.5 cm³/mol. The standard InChI is InChI=1S/C15H17N3O2/c1-10-5-4-6-13(11(10)2)17-12-7-8-14(16-9-12)18-15(19)20-3/h4-9,17H,1-3H3,(H,16,18,19). The minimum atomic E-state index is -0.535. The van der Waals surface area contributed by atoms with Crippen LogP contribution in [0.15, 0.2) is 36.5 Å². The SMILES string of the molecule is COC(=O)Nc1ccc(Nc2cccc(C)c2C)cn1. The lowest BCUT2D eigenvalue weighted by atomic mass is 10.1. The van der Waals surface area contributed by atoms with Gasteiger partial charge in [-0.05, 0) is 43.2 Å². The molecule has 2 rings (SSSR count). The van der Waals surface area contributed by atoms with Crippen LogP contribution in [0.5, 0.6) is 0 Å². The number of hydrogen-bond donors (Lipinski definition) is 2. The molecule has 1 heterocycles. The van der Waals surface area contributed by atoms with Gasteiger partial charge in [-0.25, -0.2) is 9.78 Å². The Morgan fingerprint density at radius 1 is 1.20 bits per heavy atom. The number of carbonyl (C=O) groups is 1. The zero-order chi connectivity index (χ0) is 14.5. The quantitative estimate of drug-likeness (QED) is 0.895. The smallest absolute Gasteiger partial charge is 0.412 e. The number of hydrogen-bond acceptors (Lipinski definition) is 4. The normalized spacial score (nSPS) is 9.95. The van der Waals surface area contributed by atoms with E-state index >= 15 is 0 Å². The largest absolute Gasteiger partial charge is 0.453 e. The van der Waals surface area contributed by atoms with Crippen molar-refractivity contribution < 1.29 is 9.53 Å². The number of ether oxygens (including phenoxy) is 1. The highest BCUT2D eigenvalue weighted by Crippen LogP contribution is 2.22. The second kappa shape index (κ2) is 6.06. The molecule has 0 aliphatic rings. The van der Waals surface area contributed by atoms with Crippen molar-refractivity contribution >= 4 is 23.3 Å². The second-order valence-corrected chi connectivity index (χ2v) is 4.42. The lowest BCUT2D eigenvalue weighted by Crippen LogP contribution is -2.11. The van der Waals surface area contributed by atoms with Gasteiger partial charge in [0.15, 0.2) is 0 Å². The van der Waals surface area contributed by atoms with E-state index in [4.69, 9.17) is 0 Å². The van der Waals surface area contributed by atoms with E-state index in [2.05, 4.69) is 40.3 Å². The summed E-state index contributed by atoms with van der Waals surface area (Å²) in [5.74, 6) is 0.448. The molecular formula is C15H17N3O2. The molecule has 0 aliphatic heterocycles. The Morgan fingerprint density at radius 2 is 2.00 bits per heavy atom. The van der Waals surface area contributed by atoms with Crippen LogP contribution in [-0.4, -0.2) is 18.2 Å². The van der Waals surface area contributed by atoms with E-state index in [9.17, 15) is 4.79 Å². The van der Waals surface area contributed by atoms with Gasteiger partial charge in [0.2, 0.25) is 0 Å². The van der Waals surface area contributed by atoms with Crippen molar-refractivity contribution in [2.24, 2.45) is 0 Å². The Morgan fingerprint density at radius 3 is 2.65 bits per heavy atom. The first kappa shape index (κ1) is 13.9. The van der Waals surface area contributed by atoms with Crippen molar-refractivity contribution in [1.82, 2.24) is 4.98 Å². The van der Waals surface area contributed by atoms with Crippen LogP contribution in [0.3, 0.4) is 0 Å². The lowest BCUT2D eigenvalue weighted by molar-refractivity contribution is 0.187. The number of nitrogens with zero attached hydrogens (tertiary/aromatic N) is 1. The molecule has 20 heavy (non-hydrogen) atoms. The summed E-state index contributed by atoms with van der Waals surface area (Å²) < 4.78 is 4.50. The summed E-state index contributed by atoms with van der Waals surface area (Å²) in [6, 6.07) is 9.65. The number of rotatable bonds is 3. The summed E-state index contributed by atoms with van der Waals surface area (Å²) in [4.78, 5) is 15.2. The van der Waals surface area contributed by atoms with E-state index in [1.165, 1.54) is 18.2 Å². The van der Waals surface area contributed by atoms with Crippen LogP contribution >= 0.6 is 0 Å². The number of anilines is 3. The summed E-state index contributed by atoms with van der Waals surface area (Å²) in [6.07, 6.45) is 1.13. The van der Waals surface area contributed by atoms with Gasteiger partial charge in [0.25, 0.3) is 0 Å². The maximum Gasteiger partial charge on any atom is 0.412 e. The Labute approximate surface area is 118 Å². The Kier molecular flexibility index (Phi) is 4.20. The molecule has 104 valence electrons. The number of nitrogens with one attached hydrogen (secondary N) is 2. The number of methoxy groups -OCH3 is 1. The molecule has 0 atom stereocenters. The Bertz CT molecular complexity index is 609. The van der Waals surface area contributed by atoms with Crippen LogP contribution in [0.1, 0.15) is 11.1 Å². The highest BCUT2D eigenvalue weighted by molar-refractivity contribution is 5.83.